The van der Waals surface area contributed by atoms with Crippen molar-refractivity contribution in [3.8, 4) is 5.75 Å². The molecule has 2 atom stereocenters. The third-order valence-electron chi connectivity index (χ3n) is 4.34. The third kappa shape index (κ3) is 2.96. The highest BCUT2D eigenvalue weighted by Crippen LogP contribution is 2.44. The minimum atomic E-state index is -0.0652. The van der Waals surface area contributed by atoms with Gasteiger partial charge in [-0.1, -0.05) is 0 Å². The predicted octanol–water partition coefficient (Wildman–Crippen LogP) is 1.91. The smallest absolute Gasteiger partial charge is 0.251 e. The number of nitrogens with one attached hydrogen (secondary N) is 1. The van der Waals surface area contributed by atoms with Crippen molar-refractivity contribution in [1.82, 2.24) is 10.2 Å². The van der Waals surface area contributed by atoms with Gasteiger partial charge in [0, 0.05) is 25.2 Å². The van der Waals surface area contributed by atoms with Crippen LogP contribution in [0.25, 0.3) is 0 Å². The maximum Gasteiger partial charge on any atom is 0.251 e. The molecule has 1 aliphatic carbocycles. The van der Waals surface area contributed by atoms with E-state index in [-0.39, 0.29) is 5.91 Å². The van der Waals surface area contributed by atoms with Gasteiger partial charge in [0.15, 0.2) is 0 Å². The van der Waals surface area contributed by atoms with Gasteiger partial charge in [0.1, 0.15) is 5.75 Å². The number of benzene rings is 1. The third-order valence-corrected chi connectivity index (χ3v) is 4.34. The number of fused-ring (bicyclic) bond motifs is 1. The normalized spacial score (nSPS) is 24.2. The Balaban J connectivity index is 1.38. The van der Waals surface area contributed by atoms with Crippen LogP contribution in [-0.4, -0.2) is 43.6 Å². The second kappa shape index (κ2) is 5.83. The van der Waals surface area contributed by atoms with Crippen molar-refractivity contribution < 1.29 is 9.53 Å². The van der Waals surface area contributed by atoms with E-state index >= 15 is 0 Å². The Kier molecular flexibility index (Phi) is 3.92. The lowest BCUT2D eigenvalue weighted by Crippen LogP contribution is -2.25. The molecule has 108 valence electrons. The van der Waals surface area contributed by atoms with Crippen molar-refractivity contribution in [2.24, 2.45) is 5.92 Å². The van der Waals surface area contributed by atoms with Crippen LogP contribution in [0.2, 0.25) is 0 Å². The molecule has 1 amide bonds. The van der Waals surface area contributed by atoms with Gasteiger partial charge in [-0.2, -0.15) is 0 Å². The van der Waals surface area contributed by atoms with E-state index in [1.54, 1.807) is 19.2 Å². The maximum absolute atomic E-state index is 11.4. The van der Waals surface area contributed by atoms with Crippen molar-refractivity contribution in [3.63, 3.8) is 0 Å². The molecule has 1 N–H and O–H groups in total. The molecule has 2 aliphatic rings. The highest BCUT2D eigenvalue weighted by atomic mass is 16.5. The largest absolute Gasteiger partial charge is 0.494 e. The Labute approximate surface area is 120 Å². The van der Waals surface area contributed by atoms with Crippen LogP contribution in [0.15, 0.2) is 24.3 Å². The Morgan fingerprint density at radius 2 is 2.20 bits per heavy atom. The van der Waals surface area contributed by atoms with E-state index in [0.29, 0.717) is 5.56 Å². The van der Waals surface area contributed by atoms with E-state index in [1.807, 2.05) is 12.1 Å². The number of hydrogen-bond acceptors (Lipinski definition) is 3. The number of amides is 1. The first kappa shape index (κ1) is 13.4. The minimum absolute atomic E-state index is 0.0652. The van der Waals surface area contributed by atoms with Gasteiger partial charge in [-0.25, -0.2) is 0 Å². The molecule has 1 saturated carbocycles. The fourth-order valence-corrected chi connectivity index (χ4v) is 3.07. The topological polar surface area (TPSA) is 41.6 Å². The number of carbonyl (C=O) groups excluding carboxylic acids is 1. The van der Waals surface area contributed by atoms with Crippen molar-refractivity contribution in [1.29, 1.82) is 0 Å². The summed E-state index contributed by atoms with van der Waals surface area (Å²) in [4.78, 5) is 14.0. The number of ether oxygens (including phenoxy) is 1. The molecule has 0 aromatic heterocycles. The Hall–Kier alpha value is -1.55. The molecule has 2 fully saturated rings. The van der Waals surface area contributed by atoms with Crippen LogP contribution in [0, 0.1) is 5.92 Å². The number of nitrogens with zero attached hydrogens (tertiary/aromatic N) is 1. The van der Waals surface area contributed by atoms with Crippen molar-refractivity contribution in [3.05, 3.63) is 29.8 Å². The van der Waals surface area contributed by atoms with Crippen LogP contribution < -0.4 is 10.1 Å². The van der Waals surface area contributed by atoms with Crippen molar-refractivity contribution >= 4 is 5.91 Å². The first-order valence-electron chi connectivity index (χ1n) is 7.47. The van der Waals surface area contributed by atoms with E-state index in [1.165, 1.54) is 19.4 Å². The Morgan fingerprint density at radius 1 is 1.40 bits per heavy atom. The summed E-state index contributed by atoms with van der Waals surface area (Å²) in [6.45, 7) is 3.17. The second-order valence-electron chi connectivity index (χ2n) is 5.69. The highest BCUT2D eigenvalue weighted by molar-refractivity contribution is 5.94. The zero-order valence-electron chi connectivity index (χ0n) is 12.0. The van der Waals surface area contributed by atoms with E-state index < -0.39 is 0 Å². The number of likely N-dealkylation sites (tertiary alicyclic amines) is 1. The van der Waals surface area contributed by atoms with Crippen molar-refractivity contribution in [2.75, 3.05) is 26.7 Å². The van der Waals surface area contributed by atoms with Crippen LogP contribution in [0.4, 0.5) is 0 Å². The molecule has 1 heterocycles. The average Bonchev–Trinajstić information content (AvgIpc) is 3.17. The van der Waals surface area contributed by atoms with Crippen LogP contribution in [0.5, 0.6) is 5.75 Å². The summed E-state index contributed by atoms with van der Waals surface area (Å²) in [5.74, 6) is 1.78. The summed E-state index contributed by atoms with van der Waals surface area (Å²) < 4.78 is 5.72. The van der Waals surface area contributed by atoms with Crippen LogP contribution in [0.3, 0.4) is 0 Å². The average molecular weight is 274 g/mol. The van der Waals surface area contributed by atoms with E-state index in [2.05, 4.69) is 10.2 Å². The molecule has 1 aromatic rings. The Morgan fingerprint density at radius 3 is 2.80 bits per heavy atom. The van der Waals surface area contributed by atoms with Gasteiger partial charge in [0.05, 0.1) is 6.61 Å². The zero-order chi connectivity index (χ0) is 13.9. The number of carbonyl (C=O) groups is 1. The number of hydrogen-bond donors (Lipinski definition) is 1. The summed E-state index contributed by atoms with van der Waals surface area (Å²) >= 11 is 0. The van der Waals surface area contributed by atoms with Gasteiger partial charge < -0.3 is 10.1 Å². The monoisotopic (exact) mass is 274 g/mol. The van der Waals surface area contributed by atoms with Gasteiger partial charge in [-0.3, -0.25) is 9.69 Å². The first-order valence-corrected chi connectivity index (χ1v) is 7.47. The molecule has 4 nitrogen and oxygen atoms in total. The molecule has 1 aliphatic heterocycles. The first-order chi connectivity index (χ1) is 9.78. The quantitative estimate of drug-likeness (QED) is 0.806. The van der Waals surface area contributed by atoms with Gasteiger partial charge in [-0.05, 0) is 56.0 Å². The molecule has 0 radical (unpaired) electrons. The summed E-state index contributed by atoms with van der Waals surface area (Å²) in [5.41, 5.74) is 0.664. The van der Waals surface area contributed by atoms with E-state index in [9.17, 15) is 4.79 Å². The lowest BCUT2D eigenvalue weighted by atomic mass is 10.2. The van der Waals surface area contributed by atoms with Gasteiger partial charge >= 0.3 is 0 Å². The number of piperidine rings is 1. The zero-order valence-corrected chi connectivity index (χ0v) is 12.0. The summed E-state index contributed by atoms with van der Waals surface area (Å²) in [7, 11) is 1.63. The lowest BCUT2D eigenvalue weighted by molar-refractivity contribution is 0.0963. The van der Waals surface area contributed by atoms with E-state index in [4.69, 9.17) is 4.74 Å². The molecule has 0 bridgehead atoms. The van der Waals surface area contributed by atoms with Crippen LogP contribution >= 0.6 is 0 Å². The van der Waals surface area contributed by atoms with E-state index in [0.717, 1.165) is 37.3 Å². The van der Waals surface area contributed by atoms with Gasteiger partial charge in [0.25, 0.3) is 5.91 Å². The highest BCUT2D eigenvalue weighted by Gasteiger charge is 2.46. The molecular weight excluding hydrogens is 252 g/mol. The lowest BCUT2D eigenvalue weighted by Gasteiger charge is -2.17. The van der Waals surface area contributed by atoms with Gasteiger partial charge in [0.2, 0.25) is 0 Å². The van der Waals surface area contributed by atoms with Gasteiger partial charge in [-0.15, -0.1) is 0 Å². The molecule has 4 heteroatoms. The maximum atomic E-state index is 11.4. The molecule has 2 unspecified atom stereocenters. The molecule has 1 saturated heterocycles. The predicted molar refractivity (Wildman–Crippen MR) is 78.0 cm³/mol. The molecule has 1 aromatic carbocycles. The standard InChI is InChI=1S/C16H22N2O2/c1-17-16(19)12-3-5-14(6-4-12)20-10-2-8-18-9-7-13-11-15(13)18/h3-6,13,15H,2,7-11H2,1H3,(H,17,19). The fourth-order valence-electron chi connectivity index (χ4n) is 3.07. The summed E-state index contributed by atoms with van der Waals surface area (Å²) in [5, 5.41) is 2.61. The van der Waals surface area contributed by atoms with Crippen molar-refractivity contribution in [2.45, 2.75) is 25.3 Å². The minimum Gasteiger partial charge on any atom is -0.494 e. The SMILES string of the molecule is CNC(=O)c1ccc(OCCCN2CCC3CC32)cc1. The fraction of sp³-hybridized carbons (Fsp3) is 0.562. The molecule has 0 spiro atoms. The Bertz CT molecular complexity index is 472. The summed E-state index contributed by atoms with van der Waals surface area (Å²) in [6, 6.07) is 8.20. The molecule has 20 heavy (non-hydrogen) atoms. The summed E-state index contributed by atoms with van der Waals surface area (Å²) in [6.07, 6.45) is 3.88. The molecule has 3 rings (SSSR count). The molecular formula is C16H22N2O2. The second-order valence-corrected chi connectivity index (χ2v) is 5.69. The van der Waals surface area contributed by atoms with Crippen LogP contribution in [0.1, 0.15) is 29.6 Å². The van der Waals surface area contributed by atoms with Crippen LogP contribution in [-0.2, 0) is 0 Å². The number of rotatable bonds is 6.